The summed E-state index contributed by atoms with van der Waals surface area (Å²) in [6.45, 7) is 3.91. The van der Waals surface area contributed by atoms with Crippen LogP contribution in [0.25, 0.3) is 0 Å². The lowest BCUT2D eigenvalue weighted by atomic mass is 9.85. The van der Waals surface area contributed by atoms with Crippen LogP contribution in [-0.4, -0.2) is 43.3 Å². The van der Waals surface area contributed by atoms with E-state index in [1.165, 1.54) is 0 Å². The first kappa shape index (κ1) is 15.9. The van der Waals surface area contributed by atoms with Crippen molar-refractivity contribution >= 4 is 5.97 Å². The van der Waals surface area contributed by atoms with Crippen LogP contribution in [0.4, 0.5) is 0 Å². The Hall–Kier alpha value is -1.43. The highest BCUT2D eigenvalue weighted by molar-refractivity contribution is 5.89. The van der Waals surface area contributed by atoms with Gasteiger partial charge < -0.3 is 19.3 Å². The van der Waals surface area contributed by atoms with E-state index in [1.54, 1.807) is 31.4 Å². The molecule has 0 radical (unpaired) electrons. The molecular formula is C16H22O5. The Kier molecular flexibility index (Phi) is 5.33. The van der Waals surface area contributed by atoms with Gasteiger partial charge >= 0.3 is 5.97 Å². The lowest BCUT2D eigenvalue weighted by molar-refractivity contribution is -0.259. The van der Waals surface area contributed by atoms with Gasteiger partial charge in [-0.2, -0.15) is 0 Å². The van der Waals surface area contributed by atoms with Gasteiger partial charge in [0.1, 0.15) is 12.7 Å². The number of ether oxygens (including phenoxy) is 3. The number of aliphatic hydroxyl groups excluding tert-OH is 1. The van der Waals surface area contributed by atoms with Gasteiger partial charge in [0, 0.05) is 13.0 Å². The molecule has 1 aliphatic rings. The highest BCUT2D eigenvalue weighted by Gasteiger charge is 2.41. The maximum Gasteiger partial charge on any atom is 0.338 e. The van der Waals surface area contributed by atoms with Crippen molar-refractivity contribution in [2.75, 3.05) is 13.7 Å². The molecular weight excluding hydrogens is 272 g/mol. The zero-order chi connectivity index (χ0) is 15.4. The molecule has 0 saturated carbocycles. The van der Waals surface area contributed by atoms with Gasteiger partial charge in [-0.05, 0) is 18.1 Å². The summed E-state index contributed by atoms with van der Waals surface area (Å²) in [7, 11) is 1.57. The average Bonchev–Trinajstić information content (AvgIpc) is 2.52. The first-order valence-corrected chi connectivity index (χ1v) is 7.13. The largest absolute Gasteiger partial charge is 0.459 e. The summed E-state index contributed by atoms with van der Waals surface area (Å²) in [6, 6.07) is 8.74. The molecule has 0 aliphatic carbocycles. The SMILES string of the molecule is CO[C@H]1OC(COC(=O)c2ccccc2)[C@@H](O)[C@H](C)C1C. The second-order valence-corrected chi connectivity index (χ2v) is 5.45. The van der Waals surface area contributed by atoms with Crippen LogP contribution in [0.1, 0.15) is 24.2 Å². The molecule has 1 saturated heterocycles. The molecule has 0 amide bonds. The minimum Gasteiger partial charge on any atom is -0.459 e. The second-order valence-electron chi connectivity index (χ2n) is 5.45. The fourth-order valence-electron chi connectivity index (χ4n) is 2.50. The predicted molar refractivity (Wildman–Crippen MR) is 76.7 cm³/mol. The summed E-state index contributed by atoms with van der Waals surface area (Å²) in [5.74, 6) is -0.346. The van der Waals surface area contributed by atoms with Crippen LogP contribution in [0.5, 0.6) is 0 Å². The van der Waals surface area contributed by atoms with Crippen LogP contribution >= 0.6 is 0 Å². The molecule has 5 nitrogen and oxygen atoms in total. The molecule has 1 N–H and O–H groups in total. The number of carbonyl (C=O) groups excluding carboxylic acids is 1. The summed E-state index contributed by atoms with van der Waals surface area (Å²) in [6.07, 6.45) is -1.66. The van der Waals surface area contributed by atoms with Crippen LogP contribution in [-0.2, 0) is 14.2 Å². The summed E-state index contributed by atoms with van der Waals surface area (Å²) >= 11 is 0. The fraction of sp³-hybridized carbons (Fsp3) is 0.562. The fourth-order valence-corrected chi connectivity index (χ4v) is 2.50. The summed E-state index contributed by atoms with van der Waals surface area (Å²) in [5.41, 5.74) is 0.479. The molecule has 116 valence electrons. The molecule has 0 bridgehead atoms. The Morgan fingerprint density at radius 3 is 2.52 bits per heavy atom. The first-order valence-electron chi connectivity index (χ1n) is 7.13. The number of aliphatic hydroxyl groups is 1. The van der Waals surface area contributed by atoms with E-state index in [2.05, 4.69) is 0 Å². The molecule has 21 heavy (non-hydrogen) atoms. The summed E-state index contributed by atoms with van der Waals surface area (Å²) in [5, 5.41) is 10.2. The van der Waals surface area contributed by atoms with E-state index in [1.807, 2.05) is 19.9 Å². The van der Waals surface area contributed by atoms with Crippen molar-refractivity contribution in [2.45, 2.75) is 32.3 Å². The number of rotatable bonds is 4. The van der Waals surface area contributed by atoms with E-state index < -0.39 is 24.5 Å². The van der Waals surface area contributed by atoms with Crippen LogP contribution in [0.3, 0.4) is 0 Å². The molecule has 1 aromatic carbocycles. The summed E-state index contributed by atoms with van der Waals surface area (Å²) < 4.78 is 16.2. The number of carbonyl (C=O) groups is 1. The Morgan fingerprint density at radius 2 is 1.90 bits per heavy atom. The maximum atomic E-state index is 11.9. The normalized spacial score (nSPS) is 32.7. The number of methoxy groups -OCH3 is 1. The van der Waals surface area contributed by atoms with Gasteiger partial charge in [0.05, 0.1) is 11.7 Å². The monoisotopic (exact) mass is 294 g/mol. The third-order valence-electron chi connectivity index (χ3n) is 4.11. The summed E-state index contributed by atoms with van der Waals surface area (Å²) in [4.78, 5) is 11.9. The zero-order valence-corrected chi connectivity index (χ0v) is 12.6. The molecule has 0 spiro atoms. The Bertz CT molecular complexity index is 459. The van der Waals surface area contributed by atoms with Crippen molar-refractivity contribution in [1.29, 1.82) is 0 Å². The van der Waals surface area contributed by atoms with Crippen LogP contribution in [0.2, 0.25) is 0 Å². The van der Waals surface area contributed by atoms with Crippen molar-refractivity contribution in [3.05, 3.63) is 35.9 Å². The highest BCUT2D eigenvalue weighted by atomic mass is 16.7. The van der Waals surface area contributed by atoms with E-state index in [0.717, 1.165) is 0 Å². The lowest BCUT2D eigenvalue weighted by Gasteiger charge is -2.41. The van der Waals surface area contributed by atoms with E-state index in [4.69, 9.17) is 14.2 Å². The van der Waals surface area contributed by atoms with Gasteiger partial charge in [-0.15, -0.1) is 0 Å². The van der Waals surface area contributed by atoms with Gasteiger partial charge in [0.2, 0.25) is 0 Å². The molecule has 1 aliphatic heterocycles. The van der Waals surface area contributed by atoms with E-state index in [0.29, 0.717) is 5.56 Å². The highest BCUT2D eigenvalue weighted by Crippen LogP contribution is 2.31. The van der Waals surface area contributed by atoms with Gasteiger partial charge in [0.25, 0.3) is 0 Å². The van der Waals surface area contributed by atoms with Crippen molar-refractivity contribution in [3.8, 4) is 0 Å². The number of esters is 1. The Labute approximate surface area is 124 Å². The molecule has 1 aromatic rings. The average molecular weight is 294 g/mol. The molecule has 2 unspecified atom stereocenters. The molecule has 5 atom stereocenters. The zero-order valence-electron chi connectivity index (χ0n) is 12.6. The predicted octanol–water partition coefficient (Wildman–Crippen LogP) is 1.85. The van der Waals surface area contributed by atoms with E-state index in [-0.39, 0.29) is 18.4 Å². The molecule has 0 aromatic heterocycles. The minimum atomic E-state index is -0.685. The van der Waals surface area contributed by atoms with Crippen molar-refractivity contribution < 1.29 is 24.1 Å². The van der Waals surface area contributed by atoms with E-state index in [9.17, 15) is 9.90 Å². The Morgan fingerprint density at radius 1 is 1.24 bits per heavy atom. The topological polar surface area (TPSA) is 65.0 Å². The van der Waals surface area contributed by atoms with Crippen molar-refractivity contribution in [2.24, 2.45) is 11.8 Å². The van der Waals surface area contributed by atoms with Crippen LogP contribution in [0.15, 0.2) is 30.3 Å². The van der Waals surface area contributed by atoms with Crippen LogP contribution < -0.4 is 0 Å². The third kappa shape index (κ3) is 3.61. The van der Waals surface area contributed by atoms with Gasteiger partial charge in [-0.1, -0.05) is 32.0 Å². The lowest BCUT2D eigenvalue weighted by Crippen LogP contribution is -2.51. The quantitative estimate of drug-likeness (QED) is 0.859. The second kappa shape index (κ2) is 7.02. The third-order valence-corrected chi connectivity index (χ3v) is 4.11. The number of hydrogen-bond donors (Lipinski definition) is 1. The maximum absolute atomic E-state index is 11.9. The molecule has 5 heteroatoms. The minimum absolute atomic E-state index is 0.00382. The number of hydrogen-bond acceptors (Lipinski definition) is 5. The van der Waals surface area contributed by atoms with Crippen LogP contribution in [0, 0.1) is 11.8 Å². The molecule has 2 rings (SSSR count). The standard InChI is InChI=1S/C16H22O5/c1-10-11(2)16(19-3)21-13(14(10)17)9-20-15(18)12-7-5-4-6-8-12/h4-8,10-11,13-14,16-17H,9H2,1-3H3/t10-,11?,13?,14+,16+/m1/s1. The molecule has 1 heterocycles. The van der Waals surface area contributed by atoms with Gasteiger partial charge in [-0.3, -0.25) is 0 Å². The molecule has 1 fully saturated rings. The number of benzene rings is 1. The van der Waals surface area contributed by atoms with Gasteiger partial charge in [0.15, 0.2) is 6.29 Å². The van der Waals surface area contributed by atoms with Crippen molar-refractivity contribution in [1.82, 2.24) is 0 Å². The first-order chi connectivity index (χ1) is 10.0. The van der Waals surface area contributed by atoms with E-state index >= 15 is 0 Å². The Balaban J connectivity index is 1.94. The smallest absolute Gasteiger partial charge is 0.338 e. The van der Waals surface area contributed by atoms with Crippen molar-refractivity contribution in [3.63, 3.8) is 0 Å². The van der Waals surface area contributed by atoms with Gasteiger partial charge in [-0.25, -0.2) is 4.79 Å².